The van der Waals surface area contributed by atoms with E-state index in [9.17, 15) is 14.2 Å². The summed E-state index contributed by atoms with van der Waals surface area (Å²) in [4.78, 5) is 50.7. The molecule has 0 spiro atoms. The lowest BCUT2D eigenvalue weighted by molar-refractivity contribution is -0.135. The number of amides is 2. The van der Waals surface area contributed by atoms with Gasteiger partial charge in [-0.15, -0.1) is 0 Å². The molecule has 3 aliphatic rings. The van der Waals surface area contributed by atoms with Gasteiger partial charge in [0, 0.05) is 92.6 Å². The SMILES string of the molecule is CCc1cc(Nc2ncc(Br)c(Nc3ccc4nc(C)ccc4c3P(C)(C)=O)n2)c(OC)cc1N1CCC(N2CCN(CCc3ccc4ncn(C5CCC(=O)NC5=O)c4c3)CC2)CC1. The lowest BCUT2D eigenvalue weighted by atomic mass is 9.99. The molecular weight excluding hydrogens is 905 g/mol. The number of pyridine rings is 1. The molecule has 65 heavy (non-hydrogen) atoms. The molecule has 3 aromatic heterocycles. The molecule has 0 radical (unpaired) electrons. The largest absolute Gasteiger partial charge is 0.494 e. The van der Waals surface area contributed by atoms with E-state index in [1.54, 1.807) is 33.0 Å². The van der Waals surface area contributed by atoms with Crippen molar-refractivity contribution in [1.29, 1.82) is 0 Å². The zero-order valence-corrected chi connectivity index (χ0v) is 40.2. The fourth-order valence-corrected chi connectivity index (χ4v) is 11.5. The average Bonchev–Trinajstić information content (AvgIpc) is 3.72. The van der Waals surface area contributed by atoms with Gasteiger partial charge in [0.05, 0.1) is 45.8 Å². The van der Waals surface area contributed by atoms with Gasteiger partial charge in [0.1, 0.15) is 24.8 Å². The number of methoxy groups -OCH3 is 1. The Labute approximate surface area is 388 Å². The molecule has 6 heterocycles. The number of nitrogens with one attached hydrogen (secondary N) is 3. The number of hydrogen-bond donors (Lipinski definition) is 3. The summed E-state index contributed by atoms with van der Waals surface area (Å²) < 4.78 is 22.2. The maximum absolute atomic E-state index is 13.7. The molecule has 1 atom stereocenters. The topological polar surface area (TPSA) is 163 Å². The molecule has 3 aliphatic heterocycles. The number of aryl methyl sites for hydroxylation is 2. The van der Waals surface area contributed by atoms with Crippen LogP contribution in [0, 0.1) is 6.92 Å². The van der Waals surface area contributed by atoms with Crippen LogP contribution in [0.2, 0.25) is 0 Å². The third kappa shape index (κ3) is 9.63. The first-order valence-corrected chi connectivity index (χ1v) is 26.0. The zero-order valence-electron chi connectivity index (χ0n) is 37.7. The third-order valence-corrected chi connectivity index (χ3v) is 15.3. The fourth-order valence-electron chi connectivity index (χ4n) is 9.73. The number of rotatable bonds is 13. The smallest absolute Gasteiger partial charge is 0.249 e. The van der Waals surface area contributed by atoms with Crippen molar-refractivity contribution in [3.05, 3.63) is 88.4 Å². The monoisotopic (exact) mass is 961 g/mol. The highest BCUT2D eigenvalue weighted by molar-refractivity contribution is 9.10. The number of imide groups is 1. The van der Waals surface area contributed by atoms with Crippen molar-refractivity contribution >= 4 is 91.0 Å². The molecule has 0 saturated carbocycles. The van der Waals surface area contributed by atoms with Gasteiger partial charge in [0.25, 0.3) is 0 Å². The Hall–Kier alpha value is -5.41. The van der Waals surface area contributed by atoms with Gasteiger partial charge in [0.2, 0.25) is 17.8 Å². The minimum absolute atomic E-state index is 0.210. The van der Waals surface area contributed by atoms with Crippen molar-refractivity contribution in [1.82, 2.24) is 39.6 Å². The number of halogens is 1. The van der Waals surface area contributed by atoms with Gasteiger partial charge in [-0.25, -0.2) is 9.97 Å². The Bertz CT molecular complexity index is 2810. The van der Waals surface area contributed by atoms with Crippen LogP contribution in [0.25, 0.3) is 21.9 Å². The summed E-state index contributed by atoms with van der Waals surface area (Å²) in [6, 6.07) is 18.6. The van der Waals surface area contributed by atoms with Crippen molar-refractivity contribution in [2.45, 2.75) is 64.5 Å². The number of benzene rings is 3. The molecule has 3 aromatic carbocycles. The van der Waals surface area contributed by atoms with Crippen molar-refractivity contribution in [3.8, 4) is 5.75 Å². The number of piperidine rings is 2. The second kappa shape index (κ2) is 18.8. The molecule has 1 unspecified atom stereocenters. The standard InChI is InChI=1S/C48H57BrN11O4P/c1-6-32-26-39(54-48-50-28-35(49)46(56-48)53-38-12-11-36-34(9-7-30(2)52-36)45(38)65(4,5)63)43(64-3)27-41(32)59-19-16-33(17-20-59)58-23-21-57(22-24-58)18-15-31-8-10-37-42(25-31)60(29-51-37)40-13-14-44(61)55-47(40)62/h7-12,25-29,33,40H,6,13-24H2,1-5H3,(H,55,61,62)(H2,50,53,54,56). The summed E-state index contributed by atoms with van der Waals surface area (Å²) in [6.45, 7) is 14.8. The van der Waals surface area contributed by atoms with Crippen LogP contribution in [0.1, 0.15) is 55.5 Å². The van der Waals surface area contributed by atoms with Crippen LogP contribution in [0.5, 0.6) is 5.75 Å². The van der Waals surface area contributed by atoms with Gasteiger partial charge in [-0.05, 0) is 116 Å². The fraction of sp³-hybridized carbons (Fsp3) is 0.417. The second-order valence-electron chi connectivity index (χ2n) is 17.8. The van der Waals surface area contributed by atoms with Crippen molar-refractivity contribution in [2.24, 2.45) is 0 Å². The molecule has 15 nitrogen and oxygen atoms in total. The van der Waals surface area contributed by atoms with Gasteiger partial charge in [-0.1, -0.05) is 19.1 Å². The molecule has 340 valence electrons. The maximum atomic E-state index is 13.7. The summed E-state index contributed by atoms with van der Waals surface area (Å²) in [6.07, 6.45) is 8.26. The van der Waals surface area contributed by atoms with E-state index in [4.69, 9.17) is 9.72 Å². The number of nitrogens with zero attached hydrogens (tertiary/aromatic N) is 8. The minimum atomic E-state index is -2.72. The summed E-state index contributed by atoms with van der Waals surface area (Å²) in [7, 11) is -1.03. The van der Waals surface area contributed by atoms with Crippen molar-refractivity contribution in [2.75, 3.05) is 81.8 Å². The lowest BCUT2D eigenvalue weighted by Crippen LogP contribution is -2.53. The van der Waals surface area contributed by atoms with E-state index in [1.807, 2.05) is 41.8 Å². The second-order valence-corrected chi connectivity index (χ2v) is 21.8. The molecule has 3 N–H and O–H groups in total. The van der Waals surface area contributed by atoms with E-state index in [2.05, 4.69) is 92.7 Å². The number of carbonyl (C=O) groups excluding carboxylic acids is 2. The molecule has 3 saturated heterocycles. The first kappa shape index (κ1) is 44.8. The molecule has 0 aliphatic carbocycles. The lowest BCUT2D eigenvalue weighted by Gasteiger charge is -2.43. The van der Waals surface area contributed by atoms with Gasteiger partial charge in [0.15, 0.2) is 0 Å². The zero-order chi connectivity index (χ0) is 45.4. The van der Waals surface area contributed by atoms with E-state index in [0.717, 1.165) is 110 Å². The highest BCUT2D eigenvalue weighted by atomic mass is 79.9. The van der Waals surface area contributed by atoms with Crippen LogP contribution in [0.15, 0.2) is 71.6 Å². The normalized spacial score (nSPS) is 18.1. The van der Waals surface area contributed by atoms with E-state index in [0.29, 0.717) is 46.6 Å². The molecule has 2 amide bonds. The van der Waals surface area contributed by atoms with Crippen LogP contribution < -0.4 is 30.9 Å². The number of ether oxygens (including phenoxy) is 1. The first-order chi connectivity index (χ1) is 31.3. The molecular formula is C48H57BrN11O4P. The number of carbonyl (C=O) groups is 2. The van der Waals surface area contributed by atoms with Crippen molar-refractivity contribution in [3.63, 3.8) is 0 Å². The number of hydrogen-bond acceptors (Lipinski definition) is 13. The van der Waals surface area contributed by atoms with Gasteiger partial charge in [-0.2, -0.15) is 4.98 Å². The van der Waals surface area contributed by atoms with Crippen LogP contribution in [-0.2, 0) is 27.0 Å². The molecule has 6 aromatic rings. The molecule has 17 heteroatoms. The van der Waals surface area contributed by atoms with E-state index in [-0.39, 0.29) is 11.8 Å². The Balaban J connectivity index is 0.807. The molecule has 9 rings (SSSR count). The van der Waals surface area contributed by atoms with Crippen LogP contribution in [-0.4, -0.2) is 118 Å². The minimum Gasteiger partial charge on any atom is -0.494 e. The summed E-state index contributed by atoms with van der Waals surface area (Å²) in [5.74, 6) is 1.19. The number of aromatic nitrogens is 5. The van der Waals surface area contributed by atoms with Gasteiger partial charge < -0.3 is 34.3 Å². The number of imidazole rings is 1. The van der Waals surface area contributed by atoms with Crippen LogP contribution >= 0.6 is 23.1 Å². The number of fused-ring (bicyclic) bond motifs is 2. The quantitative estimate of drug-likeness (QED) is 0.0769. The molecule has 3 fully saturated rings. The number of anilines is 5. The Morgan fingerprint density at radius 2 is 1.68 bits per heavy atom. The average molecular weight is 963 g/mol. The van der Waals surface area contributed by atoms with Crippen molar-refractivity contribution < 1.29 is 18.9 Å². The van der Waals surface area contributed by atoms with Gasteiger partial charge >= 0.3 is 0 Å². The summed E-state index contributed by atoms with van der Waals surface area (Å²) in [5.41, 5.74) is 8.66. The predicted octanol–water partition coefficient (Wildman–Crippen LogP) is 7.56. The Kier molecular flexibility index (Phi) is 13.0. The summed E-state index contributed by atoms with van der Waals surface area (Å²) in [5, 5.41) is 10.9. The highest BCUT2D eigenvalue weighted by Gasteiger charge is 2.31. The Morgan fingerprint density at radius 3 is 2.42 bits per heavy atom. The van der Waals surface area contributed by atoms with Crippen LogP contribution in [0.3, 0.4) is 0 Å². The van der Waals surface area contributed by atoms with E-state index < -0.39 is 13.2 Å². The first-order valence-electron chi connectivity index (χ1n) is 22.6. The van der Waals surface area contributed by atoms with E-state index >= 15 is 0 Å². The van der Waals surface area contributed by atoms with E-state index in [1.165, 1.54) is 16.8 Å². The molecule has 0 bridgehead atoms. The Morgan fingerprint density at radius 1 is 0.892 bits per heavy atom. The number of piperazine rings is 1. The predicted molar refractivity (Wildman–Crippen MR) is 262 cm³/mol. The highest BCUT2D eigenvalue weighted by Crippen LogP contribution is 2.42. The van der Waals surface area contributed by atoms with Crippen LogP contribution in [0.4, 0.5) is 28.8 Å². The maximum Gasteiger partial charge on any atom is 0.249 e. The van der Waals surface area contributed by atoms with Gasteiger partial charge in [-0.3, -0.25) is 24.8 Å². The summed E-state index contributed by atoms with van der Waals surface area (Å²) >= 11 is 3.63. The third-order valence-electron chi connectivity index (χ3n) is 13.2.